The molecule has 0 saturated carbocycles. The van der Waals surface area contributed by atoms with Crippen molar-refractivity contribution in [1.82, 2.24) is 13.8 Å². The van der Waals surface area contributed by atoms with Gasteiger partial charge in [0.15, 0.2) is 0 Å². The lowest BCUT2D eigenvalue weighted by Crippen LogP contribution is -2.44. The lowest BCUT2D eigenvalue weighted by molar-refractivity contribution is -0.140. The maximum Gasteiger partial charge on any atom is 0.249 e. The molecule has 1 aromatic heterocycles. The van der Waals surface area contributed by atoms with Crippen LogP contribution in [0.3, 0.4) is 0 Å². The predicted molar refractivity (Wildman–Crippen MR) is 146 cm³/mol. The van der Waals surface area contributed by atoms with E-state index >= 15 is 0 Å². The molecule has 1 amide bonds. The van der Waals surface area contributed by atoms with Crippen molar-refractivity contribution in [2.24, 2.45) is 5.92 Å². The van der Waals surface area contributed by atoms with E-state index in [2.05, 4.69) is 30.5 Å². The average Bonchev–Trinajstić information content (AvgIpc) is 3.22. The zero-order valence-corrected chi connectivity index (χ0v) is 24.4. The molecule has 1 atom stereocenters. The third-order valence-corrected chi connectivity index (χ3v) is 9.45. The first-order chi connectivity index (χ1) is 17.4. The van der Waals surface area contributed by atoms with Crippen molar-refractivity contribution in [2.45, 2.75) is 72.4 Å². The lowest BCUT2D eigenvalue weighted by Gasteiger charge is -2.37. The lowest BCUT2D eigenvalue weighted by atomic mass is 10.1. The molecule has 2 heterocycles. The molecule has 3 rings (SSSR count). The molecule has 206 valence electrons. The van der Waals surface area contributed by atoms with Gasteiger partial charge in [-0.15, -0.1) is 0 Å². The van der Waals surface area contributed by atoms with Gasteiger partial charge >= 0.3 is 0 Å². The van der Waals surface area contributed by atoms with Crippen LogP contribution in [0, 0.1) is 33.6 Å². The highest BCUT2D eigenvalue weighted by Gasteiger charge is 2.32. The quantitative estimate of drug-likeness (QED) is 0.400. The van der Waals surface area contributed by atoms with Crippen LogP contribution in [0.1, 0.15) is 61.3 Å². The second-order valence-electron chi connectivity index (χ2n) is 10.3. The summed E-state index contributed by atoms with van der Waals surface area (Å²) >= 11 is 0. The summed E-state index contributed by atoms with van der Waals surface area (Å²) in [6, 6.07) is 6.00. The van der Waals surface area contributed by atoms with Crippen molar-refractivity contribution in [3.8, 4) is 5.75 Å². The number of hydrogen-bond acceptors (Lipinski definition) is 5. The Morgan fingerprint density at radius 3 is 2.46 bits per heavy atom. The number of benzene rings is 1. The zero-order valence-electron chi connectivity index (χ0n) is 23.6. The summed E-state index contributed by atoms with van der Waals surface area (Å²) in [6.45, 7) is 15.7. The molecule has 0 saturated heterocycles. The van der Waals surface area contributed by atoms with Gasteiger partial charge in [-0.2, -0.15) is 4.31 Å². The topological polar surface area (TPSA) is 81.1 Å². The van der Waals surface area contributed by atoms with Crippen molar-refractivity contribution in [1.29, 1.82) is 0 Å². The van der Waals surface area contributed by atoms with Crippen molar-refractivity contribution >= 4 is 15.9 Å². The Balaban J connectivity index is 1.69. The van der Waals surface area contributed by atoms with Crippen LogP contribution in [0.2, 0.25) is 0 Å². The van der Waals surface area contributed by atoms with E-state index in [0.717, 1.165) is 24.2 Å². The van der Waals surface area contributed by atoms with Crippen LogP contribution in [0.4, 0.5) is 0 Å². The Kier molecular flexibility index (Phi) is 9.47. The van der Waals surface area contributed by atoms with Crippen LogP contribution in [0.15, 0.2) is 23.1 Å². The number of nitrogens with zero attached hydrogens (tertiary/aromatic N) is 3. The number of carbonyl (C=O) groups excluding carboxylic acids is 1. The molecular formula is C28H43N3O5S. The van der Waals surface area contributed by atoms with Crippen LogP contribution in [0.5, 0.6) is 5.75 Å². The molecule has 1 aromatic carbocycles. The zero-order chi connectivity index (χ0) is 27.5. The average molecular weight is 534 g/mol. The van der Waals surface area contributed by atoms with Crippen molar-refractivity contribution in [3.63, 3.8) is 0 Å². The van der Waals surface area contributed by atoms with Gasteiger partial charge in [0.25, 0.3) is 0 Å². The molecule has 0 bridgehead atoms. The van der Waals surface area contributed by atoms with Crippen molar-refractivity contribution in [2.75, 3.05) is 40.0 Å². The summed E-state index contributed by atoms with van der Waals surface area (Å²) in [5.74, 6) is 0.749. The first-order valence-corrected chi connectivity index (χ1v) is 14.6. The highest BCUT2D eigenvalue weighted by atomic mass is 32.2. The number of aromatic nitrogens is 1. The third-order valence-electron chi connectivity index (χ3n) is 7.30. The summed E-state index contributed by atoms with van der Waals surface area (Å²) in [5, 5.41) is 0. The highest BCUT2D eigenvalue weighted by Crippen LogP contribution is 2.33. The fraction of sp³-hybridized carbons (Fsp3) is 0.607. The predicted octanol–water partition coefficient (Wildman–Crippen LogP) is 4.39. The van der Waals surface area contributed by atoms with Gasteiger partial charge in [-0.25, -0.2) is 8.42 Å². The second-order valence-corrected chi connectivity index (χ2v) is 12.2. The van der Waals surface area contributed by atoms with Gasteiger partial charge in [-0.1, -0.05) is 20.8 Å². The second kappa shape index (κ2) is 12.0. The Hall–Kier alpha value is -2.36. The molecule has 0 aliphatic carbocycles. The molecule has 0 fully saturated rings. The smallest absolute Gasteiger partial charge is 0.249 e. The molecule has 8 nitrogen and oxygen atoms in total. The van der Waals surface area contributed by atoms with E-state index in [1.54, 1.807) is 20.1 Å². The minimum atomic E-state index is -3.77. The first-order valence-electron chi connectivity index (χ1n) is 13.1. The van der Waals surface area contributed by atoms with Crippen LogP contribution in [-0.2, 0) is 26.1 Å². The highest BCUT2D eigenvalue weighted by molar-refractivity contribution is 7.89. The van der Waals surface area contributed by atoms with Crippen molar-refractivity contribution < 1.29 is 22.7 Å². The van der Waals surface area contributed by atoms with E-state index in [9.17, 15) is 13.2 Å². The van der Waals surface area contributed by atoms with Crippen molar-refractivity contribution in [3.05, 3.63) is 46.3 Å². The van der Waals surface area contributed by atoms with Gasteiger partial charge in [0.2, 0.25) is 15.9 Å². The Morgan fingerprint density at radius 1 is 1.14 bits per heavy atom. The Morgan fingerprint density at radius 2 is 1.84 bits per heavy atom. The molecule has 1 unspecified atom stereocenters. The Labute approximate surface area is 222 Å². The van der Waals surface area contributed by atoms with Crippen LogP contribution in [0.25, 0.3) is 0 Å². The minimum absolute atomic E-state index is 0.0284. The summed E-state index contributed by atoms with van der Waals surface area (Å²) in [7, 11) is -2.18. The minimum Gasteiger partial charge on any atom is -0.496 e. The van der Waals surface area contributed by atoms with Gasteiger partial charge < -0.3 is 18.9 Å². The maximum absolute atomic E-state index is 13.8. The van der Waals surface area contributed by atoms with E-state index in [1.165, 1.54) is 10.00 Å². The molecule has 0 radical (unpaired) electrons. The largest absolute Gasteiger partial charge is 0.496 e. The summed E-state index contributed by atoms with van der Waals surface area (Å²) in [5.41, 5.74) is 4.53. The molecule has 1 aliphatic heterocycles. The first kappa shape index (κ1) is 29.2. The van der Waals surface area contributed by atoms with Crippen LogP contribution >= 0.6 is 0 Å². The van der Waals surface area contributed by atoms with E-state index in [1.807, 2.05) is 32.6 Å². The van der Waals surface area contributed by atoms with E-state index in [4.69, 9.17) is 9.47 Å². The number of amides is 1. The molecule has 0 N–H and O–H groups in total. The number of carbonyl (C=O) groups is 1. The van der Waals surface area contributed by atoms with Crippen LogP contribution < -0.4 is 4.74 Å². The molecule has 0 spiro atoms. The Bertz CT molecular complexity index is 1220. The standard InChI is InChI=1S/C28H43N3O5S/c1-9-24-25-11-10-21(5)30(25)12-13-31(24)27(32)18-36-15-14-29(17-19(2)3)37(33,34)28-20(4)16-26(35-8)22(6)23(28)7/h10-11,16,19,24H,9,12-15,17-18H2,1-8H3. The SMILES string of the molecule is CCC1c2ccc(C)n2CCN1C(=O)COCCN(CC(C)C)S(=O)(=O)c1c(C)cc(OC)c(C)c1C. The number of rotatable bonds is 11. The number of methoxy groups -OCH3 is 1. The number of sulfonamides is 1. The third kappa shape index (κ3) is 6.04. The van der Waals surface area contributed by atoms with Crippen LogP contribution in [-0.4, -0.2) is 68.1 Å². The van der Waals surface area contributed by atoms with Gasteiger partial charge in [0.05, 0.1) is 24.7 Å². The molecule has 2 aromatic rings. The van der Waals surface area contributed by atoms with Gasteiger partial charge in [0, 0.05) is 37.6 Å². The summed E-state index contributed by atoms with van der Waals surface area (Å²) in [6.07, 6.45) is 0.829. The number of fused-ring (bicyclic) bond motifs is 1. The fourth-order valence-corrected chi connectivity index (χ4v) is 7.40. The normalized spacial score (nSPS) is 15.9. The fourth-order valence-electron chi connectivity index (χ4n) is 5.32. The summed E-state index contributed by atoms with van der Waals surface area (Å²) in [4.78, 5) is 15.3. The molecular weight excluding hydrogens is 490 g/mol. The van der Waals surface area contributed by atoms with Gasteiger partial charge in [0.1, 0.15) is 12.4 Å². The maximum atomic E-state index is 13.8. The summed E-state index contributed by atoms with van der Waals surface area (Å²) < 4.78 is 42.5. The molecule has 1 aliphatic rings. The van der Waals surface area contributed by atoms with E-state index in [-0.39, 0.29) is 37.6 Å². The number of hydrogen-bond donors (Lipinski definition) is 0. The number of aryl methyl sites for hydroxylation is 2. The van der Waals surface area contributed by atoms with E-state index < -0.39 is 10.0 Å². The van der Waals surface area contributed by atoms with Gasteiger partial charge in [-0.05, 0) is 74.9 Å². The molecule has 37 heavy (non-hydrogen) atoms. The van der Waals surface area contributed by atoms with E-state index in [0.29, 0.717) is 34.9 Å². The molecule has 9 heteroatoms. The van der Waals surface area contributed by atoms with Gasteiger partial charge in [-0.3, -0.25) is 4.79 Å². The number of ether oxygens (including phenoxy) is 2. The monoisotopic (exact) mass is 533 g/mol.